The first kappa shape index (κ1) is 25.0. The van der Waals surface area contributed by atoms with Crippen LogP contribution < -0.4 is 9.47 Å². The first-order valence-corrected chi connectivity index (χ1v) is 11.5. The fourth-order valence-corrected chi connectivity index (χ4v) is 3.93. The average Bonchev–Trinajstić information content (AvgIpc) is 2.83. The number of carbonyl (C=O) groups is 1. The molecule has 0 heterocycles. The summed E-state index contributed by atoms with van der Waals surface area (Å²) in [7, 11) is 0. The molecule has 0 aliphatic heterocycles. The van der Waals surface area contributed by atoms with E-state index in [2.05, 4.69) is 12.6 Å². The number of ether oxygens (including phenoxy) is 5. The van der Waals surface area contributed by atoms with Gasteiger partial charge in [-0.1, -0.05) is 30.8 Å². The van der Waals surface area contributed by atoms with Crippen molar-refractivity contribution in [2.75, 3.05) is 52.9 Å². The maximum absolute atomic E-state index is 11.3. The maximum Gasteiger partial charge on any atom is 0.333 e. The second kappa shape index (κ2) is 13.2. The third kappa shape index (κ3) is 6.93. The van der Waals surface area contributed by atoms with Crippen LogP contribution in [0.1, 0.15) is 30.9 Å². The van der Waals surface area contributed by atoms with Crippen LogP contribution in [0.15, 0.2) is 36.4 Å². The standard InChI is InChI=1S/C26H34O7/c1-19(2)26(28)33-18-16-30-14-13-29-15-17-32-25-22-9-5-3-7-20(22)24(31-12-11-27)21-8-4-6-10-23(21)25/h3,5,7,9,27H,1,4,6,8,10-18H2,2H3. The summed E-state index contributed by atoms with van der Waals surface area (Å²) in [6.07, 6.45) is 4.15. The lowest BCUT2D eigenvalue weighted by molar-refractivity contribution is -0.140. The topological polar surface area (TPSA) is 83.5 Å². The van der Waals surface area contributed by atoms with E-state index >= 15 is 0 Å². The number of carbonyl (C=O) groups excluding carboxylic acids is 1. The Morgan fingerprint density at radius 2 is 1.36 bits per heavy atom. The van der Waals surface area contributed by atoms with E-state index in [1.165, 1.54) is 11.1 Å². The number of benzene rings is 2. The lowest BCUT2D eigenvalue weighted by Crippen LogP contribution is -2.16. The van der Waals surface area contributed by atoms with Gasteiger partial charge >= 0.3 is 5.97 Å². The van der Waals surface area contributed by atoms with Crippen LogP contribution in [0.5, 0.6) is 11.5 Å². The molecule has 0 saturated heterocycles. The summed E-state index contributed by atoms with van der Waals surface area (Å²) < 4.78 is 28.2. The van der Waals surface area contributed by atoms with Gasteiger partial charge in [-0.2, -0.15) is 0 Å². The van der Waals surface area contributed by atoms with E-state index in [4.69, 9.17) is 23.7 Å². The van der Waals surface area contributed by atoms with Crippen molar-refractivity contribution in [3.8, 4) is 11.5 Å². The van der Waals surface area contributed by atoms with Crippen LogP contribution in [0, 0.1) is 0 Å². The molecular formula is C26H34O7. The molecule has 1 aliphatic carbocycles. The molecule has 0 aromatic heterocycles. The van der Waals surface area contributed by atoms with E-state index in [9.17, 15) is 9.90 Å². The molecule has 2 aromatic rings. The van der Waals surface area contributed by atoms with Crippen molar-refractivity contribution in [2.24, 2.45) is 0 Å². The number of rotatable bonds is 14. The van der Waals surface area contributed by atoms with Crippen LogP contribution in [0.3, 0.4) is 0 Å². The van der Waals surface area contributed by atoms with E-state index < -0.39 is 5.97 Å². The van der Waals surface area contributed by atoms with Crippen LogP contribution >= 0.6 is 0 Å². The molecule has 0 amide bonds. The molecular weight excluding hydrogens is 424 g/mol. The van der Waals surface area contributed by atoms with Gasteiger partial charge in [0.05, 0.1) is 33.0 Å². The Bertz CT molecular complexity index is 938. The molecule has 0 unspecified atom stereocenters. The van der Waals surface area contributed by atoms with Crippen molar-refractivity contribution < 1.29 is 33.6 Å². The average molecular weight is 459 g/mol. The number of aliphatic hydroxyl groups excluding tert-OH is 1. The number of aliphatic hydroxyl groups is 1. The minimum Gasteiger partial charge on any atom is -0.490 e. The molecule has 33 heavy (non-hydrogen) atoms. The van der Waals surface area contributed by atoms with Gasteiger partial charge in [-0.05, 0) is 32.6 Å². The second-order valence-electron chi connectivity index (χ2n) is 7.93. The van der Waals surface area contributed by atoms with Gasteiger partial charge in [-0.25, -0.2) is 4.79 Å². The summed E-state index contributed by atoms with van der Waals surface area (Å²) in [6.45, 7) is 7.66. The highest BCUT2D eigenvalue weighted by molar-refractivity contribution is 5.96. The molecule has 0 fully saturated rings. The van der Waals surface area contributed by atoms with E-state index in [0.29, 0.717) is 38.6 Å². The van der Waals surface area contributed by atoms with E-state index in [-0.39, 0.29) is 19.8 Å². The largest absolute Gasteiger partial charge is 0.490 e. The van der Waals surface area contributed by atoms with Crippen molar-refractivity contribution in [1.29, 1.82) is 0 Å². The van der Waals surface area contributed by atoms with Gasteiger partial charge in [-0.3, -0.25) is 0 Å². The minimum absolute atomic E-state index is 0.0119. The summed E-state index contributed by atoms with van der Waals surface area (Å²) in [6, 6.07) is 8.10. The molecule has 0 spiro atoms. The van der Waals surface area contributed by atoms with E-state index in [0.717, 1.165) is 48.0 Å². The smallest absolute Gasteiger partial charge is 0.333 e. The zero-order chi connectivity index (χ0) is 23.5. The predicted octanol–water partition coefficient (Wildman–Crippen LogP) is 3.62. The first-order chi connectivity index (χ1) is 16.1. The van der Waals surface area contributed by atoms with Gasteiger partial charge in [0.1, 0.15) is 31.3 Å². The molecule has 0 bridgehead atoms. The number of hydrogen-bond acceptors (Lipinski definition) is 7. The normalized spacial score (nSPS) is 12.9. The Hall–Kier alpha value is -2.61. The van der Waals surface area contributed by atoms with Crippen LogP contribution in [0.4, 0.5) is 0 Å². The Labute approximate surface area is 195 Å². The zero-order valence-corrected chi connectivity index (χ0v) is 19.4. The molecule has 1 N–H and O–H groups in total. The minimum atomic E-state index is -0.408. The van der Waals surface area contributed by atoms with Gasteiger partial charge < -0.3 is 28.8 Å². The van der Waals surface area contributed by atoms with Crippen LogP contribution in [0.2, 0.25) is 0 Å². The van der Waals surface area contributed by atoms with Crippen molar-refractivity contribution in [1.82, 2.24) is 0 Å². The monoisotopic (exact) mass is 458 g/mol. The Morgan fingerprint density at radius 3 is 1.91 bits per heavy atom. The lowest BCUT2D eigenvalue weighted by Gasteiger charge is -2.25. The van der Waals surface area contributed by atoms with Crippen molar-refractivity contribution in [2.45, 2.75) is 32.6 Å². The number of hydrogen-bond donors (Lipinski definition) is 1. The third-order valence-corrected chi connectivity index (χ3v) is 5.43. The van der Waals surface area contributed by atoms with E-state index in [1.807, 2.05) is 18.2 Å². The third-order valence-electron chi connectivity index (χ3n) is 5.43. The molecule has 180 valence electrons. The van der Waals surface area contributed by atoms with Crippen LogP contribution in [-0.2, 0) is 31.8 Å². The summed E-state index contributed by atoms with van der Waals surface area (Å²) in [5, 5.41) is 11.3. The second-order valence-corrected chi connectivity index (χ2v) is 7.93. The van der Waals surface area contributed by atoms with Gasteiger partial charge in [0, 0.05) is 27.5 Å². The van der Waals surface area contributed by atoms with Crippen molar-refractivity contribution in [3.05, 3.63) is 47.5 Å². The SMILES string of the molecule is C=C(C)C(=O)OCCOCCOCCOc1c2c(c(OCCO)c3ccccc13)CCCC2. The van der Waals surface area contributed by atoms with Gasteiger partial charge in [-0.15, -0.1) is 0 Å². The predicted molar refractivity (Wildman–Crippen MR) is 126 cm³/mol. The summed E-state index contributed by atoms with van der Waals surface area (Å²) in [4.78, 5) is 11.3. The molecule has 0 atom stereocenters. The van der Waals surface area contributed by atoms with Crippen LogP contribution in [0.25, 0.3) is 10.8 Å². The molecule has 2 aromatic carbocycles. The number of esters is 1. The van der Waals surface area contributed by atoms with Gasteiger partial charge in [0.15, 0.2) is 0 Å². The fraction of sp³-hybridized carbons (Fsp3) is 0.500. The van der Waals surface area contributed by atoms with Gasteiger partial charge in [0.2, 0.25) is 0 Å². The Morgan fingerprint density at radius 1 is 0.848 bits per heavy atom. The summed E-state index contributed by atoms with van der Waals surface area (Å²) >= 11 is 0. The summed E-state index contributed by atoms with van der Waals surface area (Å²) in [5.74, 6) is 1.38. The van der Waals surface area contributed by atoms with Gasteiger partial charge in [0.25, 0.3) is 0 Å². The Kier molecular flexibility index (Phi) is 10.00. The maximum atomic E-state index is 11.3. The molecule has 0 radical (unpaired) electrons. The van der Waals surface area contributed by atoms with Crippen molar-refractivity contribution in [3.63, 3.8) is 0 Å². The highest BCUT2D eigenvalue weighted by Crippen LogP contribution is 2.44. The highest BCUT2D eigenvalue weighted by atomic mass is 16.6. The molecule has 7 heteroatoms. The summed E-state index contributed by atoms with van der Waals surface area (Å²) in [5.41, 5.74) is 2.78. The van der Waals surface area contributed by atoms with Crippen molar-refractivity contribution >= 4 is 16.7 Å². The zero-order valence-electron chi connectivity index (χ0n) is 19.4. The highest BCUT2D eigenvalue weighted by Gasteiger charge is 2.23. The first-order valence-electron chi connectivity index (χ1n) is 11.5. The quantitative estimate of drug-likeness (QED) is 0.263. The fourth-order valence-electron chi connectivity index (χ4n) is 3.93. The molecule has 7 nitrogen and oxygen atoms in total. The lowest BCUT2D eigenvalue weighted by atomic mass is 9.87. The number of fused-ring (bicyclic) bond motifs is 2. The van der Waals surface area contributed by atoms with Crippen LogP contribution in [-0.4, -0.2) is 63.9 Å². The molecule has 3 rings (SSSR count). The Balaban J connectivity index is 1.51. The molecule has 1 aliphatic rings. The molecule has 0 saturated carbocycles. The van der Waals surface area contributed by atoms with E-state index in [1.54, 1.807) is 6.92 Å².